The topological polar surface area (TPSA) is 0 Å². The van der Waals surface area contributed by atoms with E-state index in [0.29, 0.717) is 7.92 Å². The van der Waals surface area contributed by atoms with E-state index in [1.54, 1.807) is 0 Å². The zero-order chi connectivity index (χ0) is 9.23. The van der Waals surface area contributed by atoms with Crippen molar-refractivity contribution in [3.8, 4) is 0 Å². The Hall–Kier alpha value is 0.860. The van der Waals surface area contributed by atoms with Crippen LogP contribution in [0.2, 0.25) is 0 Å². The standard InChI is InChI=1S/C10H24P2/c1-4-11-9-7-8-10-12(5-2)6-3/h11H,4-10H2,1-3H3. The van der Waals surface area contributed by atoms with Crippen molar-refractivity contribution in [2.24, 2.45) is 0 Å². The summed E-state index contributed by atoms with van der Waals surface area (Å²) >= 11 is 0. The minimum Gasteiger partial charge on any atom is -0.122 e. The maximum Gasteiger partial charge on any atom is -0.0326 e. The second-order valence-corrected chi connectivity index (χ2v) is 7.85. The van der Waals surface area contributed by atoms with Crippen molar-refractivity contribution < 1.29 is 0 Å². The minimum atomic E-state index is 0.426. The van der Waals surface area contributed by atoms with Crippen LogP contribution in [-0.2, 0) is 0 Å². The molecule has 0 aliphatic carbocycles. The lowest BCUT2D eigenvalue weighted by molar-refractivity contribution is 0.897. The van der Waals surface area contributed by atoms with Crippen LogP contribution < -0.4 is 0 Å². The lowest BCUT2D eigenvalue weighted by atomic mass is 10.4. The van der Waals surface area contributed by atoms with Crippen LogP contribution in [0.15, 0.2) is 0 Å². The predicted molar refractivity (Wildman–Crippen MR) is 65.8 cm³/mol. The largest absolute Gasteiger partial charge is 0.122 e. The molecule has 0 bridgehead atoms. The molecule has 0 nitrogen and oxygen atoms in total. The Morgan fingerprint density at radius 1 is 1.00 bits per heavy atom. The molecule has 74 valence electrons. The molecule has 1 atom stereocenters. The van der Waals surface area contributed by atoms with Crippen LogP contribution in [0.4, 0.5) is 0 Å². The van der Waals surface area contributed by atoms with E-state index in [1.165, 1.54) is 52.2 Å². The fourth-order valence-corrected chi connectivity index (χ4v) is 3.91. The van der Waals surface area contributed by atoms with Crippen LogP contribution in [-0.4, -0.2) is 30.8 Å². The first kappa shape index (κ1) is 12.9. The zero-order valence-electron chi connectivity index (χ0n) is 8.90. The van der Waals surface area contributed by atoms with E-state index >= 15 is 0 Å². The Morgan fingerprint density at radius 3 is 2.17 bits per heavy atom. The van der Waals surface area contributed by atoms with Gasteiger partial charge in [0.2, 0.25) is 0 Å². The molecule has 0 aliphatic heterocycles. The molecule has 0 spiro atoms. The highest BCUT2D eigenvalue weighted by atomic mass is 31.1. The van der Waals surface area contributed by atoms with Crippen LogP contribution in [0.25, 0.3) is 0 Å². The van der Waals surface area contributed by atoms with Crippen molar-refractivity contribution in [1.82, 2.24) is 0 Å². The smallest absolute Gasteiger partial charge is 0.0326 e. The lowest BCUT2D eigenvalue weighted by Crippen LogP contribution is -1.91. The van der Waals surface area contributed by atoms with Crippen LogP contribution in [0.1, 0.15) is 33.6 Å². The van der Waals surface area contributed by atoms with Gasteiger partial charge < -0.3 is 0 Å². The van der Waals surface area contributed by atoms with Gasteiger partial charge in [0.05, 0.1) is 0 Å². The fourth-order valence-electron chi connectivity index (χ4n) is 1.30. The third kappa shape index (κ3) is 7.51. The van der Waals surface area contributed by atoms with Gasteiger partial charge in [-0.05, 0) is 43.7 Å². The van der Waals surface area contributed by atoms with Crippen molar-refractivity contribution in [1.29, 1.82) is 0 Å². The second-order valence-electron chi connectivity index (χ2n) is 3.09. The van der Waals surface area contributed by atoms with E-state index in [2.05, 4.69) is 20.8 Å². The van der Waals surface area contributed by atoms with Gasteiger partial charge in [-0.2, -0.15) is 0 Å². The highest BCUT2D eigenvalue weighted by Gasteiger charge is 2.00. The van der Waals surface area contributed by atoms with Gasteiger partial charge in [-0.1, -0.05) is 20.8 Å². The normalized spacial score (nSPS) is 12.0. The molecule has 0 heterocycles. The molecule has 1 unspecified atom stereocenters. The molecule has 2 heteroatoms. The van der Waals surface area contributed by atoms with Crippen molar-refractivity contribution >= 4 is 16.5 Å². The quantitative estimate of drug-likeness (QED) is 0.416. The van der Waals surface area contributed by atoms with Crippen molar-refractivity contribution in [3.63, 3.8) is 0 Å². The molecule has 0 saturated heterocycles. The molecule has 0 aliphatic rings. The van der Waals surface area contributed by atoms with Gasteiger partial charge in [-0.25, -0.2) is 0 Å². The van der Waals surface area contributed by atoms with Crippen LogP contribution in [0.5, 0.6) is 0 Å². The molecule has 0 N–H and O–H groups in total. The molecule has 0 aromatic heterocycles. The predicted octanol–water partition coefficient (Wildman–Crippen LogP) is 3.99. The van der Waals surface area contributed by atoms with Crippen LogP contribution >= 0.6 is 16.5 Å². The third-order valence-electron chi connectivity index (χ3n) is 2.22. The van der Waals surface area contributed by atoms with Gasteiger partial charge in [0.15, 0.2) is 0 Å². The maximum absolute atomic E-state index is 2.35. The number of hydrogen-bond donors (Lipinski definition) is 0. The first-order valence-corrected chi connectivity index (χ1v) is 8.59. The SMILES string of the molecule is CCPCCCCP(CC)CC. The Bertz CT molecular complexity index is 79.9. The summed E-state index contributed by atoms with van der Waals surface area (Å²) in [6.45, 7) is 7.00. The summed E-state index contributed by atoms with van der Waals surface area (Å²) in [4.78, 5) is 0. The van der Waals surface area contributed by atoms with E-state index in [1.807, 2.05) is 0 Å². The Morgan fingerprint density at radius 2 is 1.67 bits per heavy atom. The maximum atomic E-state index is 2.35. The molecule has 12 heavy (non-hydrogen) atoms. The second kappa shape index (κ2) is 9.94. The average Bonchev–Trinajstić information content (AvgIpc) is 2.11. The van der Waals surface area contributed by atoms with Crippen LogP contribution in [0.3, 0.4) is 0 Å². The monoisotopic (exact) mass is 206 g/mol. The average molecular weight is 206 g/mol. The molecule has 0 fully saturated rings. The molecule has 0 amide bonds. The summed E-state index contributed by atoms with van der Waals surface area (Å²) < 4.78 is 0. The summed E-state index contributed by atoms with van der Waals surface area (Å²) in [5.74, 6) is 0. The molecular weight excluding hydrogens is 182 g/mol. The Balaban J connectivity index is 3.06. The molecule has 0 aromatic rings. The summed E-state index contributed by atoms with van der Waals surface area (Å²) in [5.41, 5.74) is 0. The highest BCUT2D eigenvalue weighted by molar-refractivity contribution is 7.57. The first-order valence-electron chi connectivity index (χ1n) is 5.28. The van der Waals surface area contributed by atoms with E-state index in [9.17, 15) is 0 Å². The van der Waals surface area contributed by atoms with Gasteiger partial charge in [0.1, 0.15) is 0 Å². The summed E-state index contributed by atoms with van der Waals surface area (Å²) in [6, 6.07) is 0. The van der Waals surface area contributed by atoms with Gasteiger partial charge in [0, 0.05) is 0 Å². The van der Waals surface area contributed by atoms with Gasteiger partial charge >= 0.3 is 0 Å². The molecule has 0 radical (unpaired) electrons. The zero-order valence-corrected chi connectivity index (χ0v) is 10.8. The molecule has 0 rings (SSSR count). The number of hydrogen-bond acceptors (Lipinski definition) is 0. The van der Waals surface area contributed by atoms with Crippen LogP contribution in [0, 0.1) is 0 Å². The molecule has 0 saturated carbocycles. The van der Waals surface area contributed by atoms with Crippen molar-refractivity contribution in [3.05, 3.63) is 0 Å². The number of rotatable bonds is 8. The summed E-state index contributed by atoms with van der Waals surface area (Å²) in [6.07, 6.45) is 10.3. The van der Waals surface area contributed by atoms with Crippen molar-refractivity contribution in [2.75, 3.05) is 30.8 Å². The van der Waals surface area contributed by atoms with E-state index in [-0.39, 0.29) is 0 Å². The first-order chi connectivity index (χ1) is 5.85. The lowest BCUT2D eigenvalue weighted by Gasteiger charge is -2.12. The third-order valence-corrected chi connectivity index (χ3v) is 6.17. The Kier molecular flexibility index (Phi) is 10.7. The summed E-state index contributed by atoms with van der Waals surface area (Å²) in [5, 5.41) is 0. The van der Waals surface area contributed by atoms with E-state index < -0.39 is 0 Å². The fraction of sp³-hybridized carbons (Fsp3) is 1.00. The van der Waals surface area contributed by atoms with E-state index in [4.69, 9.17) is 0 Å². The molecular formula is C10H24P2. The minimum absolute atomic E-state index is 0.426. The van der Waals surface area contributed by atoms with Gasteiger partial charge in [-0.3, -0.25) is 0 Å². The van der Waals surface area contributed by atoms with Crippen molar-refractivity contribution in [2.45, 2.75) is 33.6 Å². The van der Waals surface area contributed by atoms with Gasteiger partial charge in [-0.15, -0.1) is 16.5 Å². The van der Waals surface area contributed by atoms with E-state index in [0.717, 1.165) is 0 Å². The van der Waals surface area contributed by atoms with Gasteiger partial charge in [0.25, 0.3) is 0 Å². The Labute approximate surface area is 81.4 Å². The number of unbranched alkanes of at least 4 members (excludes halogenated alkanes) is 1. The highest BCUT2D eigenvalue weighted by Crippen LogP contribution is 2.35. The molecule has 0 aromatic carbocycles. The summed E-state index contributed by atoms with van der Waals surface area (Å²) in [7, 11) is 1.65.